The van der Waals surface area contributed by atoms with Gasteiger partial charge in [-0.3, -0.25) is 0 Å². The van der Waals surface area contributed by atoms with Gasteiger partial charge >= 0.3 is 0 Å². The van der Waals surface area contributed by atoms with Crippen LogP contribution in [0, 0.1) is 0 Å². The van der Waals surface area contributed by atoms with E-state index in [0.717, 1.165) is 19.4 Å². The van der Waals surface area contributed by atoms with Gasteiger partial charge in [-0.05, 0) is 25.0 Å². The van der Waals surface area contributed by atoms with Crippen LogP contribution in [-0.2, 0) is 0 Å². The molecule has 0 aliphatic heterocycles. The molecular weight excluding hydrogens is 206 g/mol. The Morgan fingerprint density at radius 2 is 1.53 bits per heavy atom. The summed E-state index contributed by atoms with van der Waals surface area (Å²) in [7, 11) is 0. The van der Waals surface area contributed by atoms with Gasteiger partial charge in [0.15, 0.2) is 0 Å². The number of para-hydroxylation sites is 1. The molecule has 0 spiro atoms. The smallest absolute Gasteiger partial charge is 0.0371 e. The second-order valence-corrected chi connectivity index (χ2v) is 3.98. The van der Waals surface area contributed by atoms with Crippen molar-refractivity contribution >= 4 is 5.69 Å². The third kappa shape index (κ3) is 3.95. The molecule has 1 aromatic rings. The SMILES string of the molecule is C=CCC(CC=C)N(CC=C)c1ccccc1. The van der Waals surface area contributed by atoms with Crippen LogP contribution < -0.4 is 4.90 Å². The van der Waals surface area contributed by atoms with Gasteiger partial charge in [0.25, 0.3) is 0 Å². The quantitative estimate of drug-likeness (QED) is 0.602. The lowest BCUT2D eigenvalue weighted by Gasteiger charge is -2.31. The number of anilines is 1. The summed E-state index contributed by atoms with van der Waals surface area (Å²) in [6, 6.07) is 10.8. The monoisotopic (exact) mass is 227 g/mol. The van der Waals surface area contributed by atoms with E-state index in [4.69, 9.17) is 0 Å². The number of rotatable bonds is 8. The predicted molar refractivity (Wildman–Crippen MR) is 77.4 cm³/mol. The number of nitrogens with zero attached hydrogens (tertiary/aromatic N) is 1. The van der Waals surface area contributed by atoms with Gasteiger partial charge in [0.05, 0.1) is 0 Å². The van der Waals surface area contributed by atoms with Crippen LogP contribution in [0.1, 0.15) is 12.8 Å². The highest BCUT2D eigenvalue weighted by atomic mass is 15.2. The fraction of sp³-hybridized carbons (Fsp3) is 0.250. The van der Waals surface area contributed by atoms with E-state index in [1.54, 1.807) is 0 Å². The van der Waals surface area contributed by atoms with Gasteiger partial charge in [-0.25, -0.2) is 0 Å². The average molecular weight is 227 g/mol. The second-order valence-electron chi connectivity index (χ2n) is 3.98. The molecule has 1 nitrogen and oxygen atoms in total. The molecule has 0 bridgehead atoms. The molecule has 0 heterocycles. The standard InChI is InChI=1S/C16H21N/c1-4-10-15(11-5-2)17(14-6-3)16-12-8-7-9-13-16/h4-9,12-13,15H,1-3,10-11,14H2. The lowest BCUT2D eigenvalue weighted by Crippen LogP contribution is -2.34. The summed E-state index contributed by atoms with van der Waals surface area (Å²) >= 11 is 0. The van der Waals surface area contributed by atoms with Crippen LogP contribution in [0.5, 0.6) is 0 Å². The predicted octanol–water partition coefficient (Wildman–Crippen LogP) is 4.20. The van der Waals surface area contributed by atoms with Crippen LogP contribution in [0.4, 0.5) is 5.69 Å². The Bertz CT molecular complexity index is 343. The third-order valence-corrected chi connectivity index (χ3v) is 2.73. The van der Waals surface area contributed by atoms with Gasteiger partial charge in [0.1, 0.15) is 0 Å². The minimum Gasteiger partial charge on any atom is -0.364 e. The first-order valence-corrected chi connectivity index (χ1v) is 5.97. The summed E-state index contributed by atoms with van der Waals surface area (Å²) in [4.78, 5) is 2.34. The molecule has 0 fully saturated rings. The maximum Gasteiger partial charge on any atom is 0.0371 e. The summed E-state index contributed by atoms with van der Waals surface area (Å²) in [6.45, 7) is 12.3. The van der Waals surface area contributed by atoms with Crippen molar-refractivity contribution in [1.82, 2.24) is 0 Å². The lowest BCUT2D eigenvalue weighted by molar-refractivity contribution is 0.626. The van der Waals surface area contributed by atoms with Crippen molar-refractivity contribution in [3.05, 3.63) is 68.3 Å². The van der Waals surface area contributed by atoms with Crippen molar-refractivity contribution in [2.24, 2.45) is 0 Å². The summed E-state index contributed by atoms with van der Waals surface area (Å²) in [5, 5.41) is 0. The molecule has 0 radical (unpaired) electrons. The molecule has 0 saturated carbocycles. The largest absolute Gasteiger partial charge is 0.364 e. The van der Waals surface area contributed by atoms with Crippen LogP contribution in [0.25, 0.3) is 0 Å². The minimum atomic E-state index is 0.408. The lowest BCUT2D eigenvalue weighted by atomic mass is 10.1. The van der Waals surface area contributed by atoms with Crippen molar-refractivity contribution in [1.29, 1.82) is 0 Å². The maximum absolute atomic E-state index is 3.84. The molecule has 1 heteroatoms. The zero-order valence-electron chi connectivity index (χ0n) is 10.4. The van der Waals surface area contributed by atoms with Gasteiger partial charge in [-0.1, -0.05) is 36.4 Å². The Balaban J connectivity index is 2.92. The molecule has 0 atom stereocenters. The van der Waals surface area contributed by atoms with Gasteiger partial charge in [0.2, 0.25) is 0 Å². The average Bonchev–Trinajstić information content (AvgIpc) is 2.37. The summed E-state index contributed by atoms with van der Waals surface area (Å²) < 4.78 is 0. The van der Waals surface area contributed by atoms with Crippen molar-refractivity contribution in [2.45, 2.75) is 18.9 Å². The Kier molecular flexibility index (Phi) is 5.87. The Morgan fingerprint density at radius 3 is 2.00 bits per heavy atom. The van der Waals surface area contributed by atoms with Crippen LogP contribution in [-0.4, -0.2) is 12.6 Å². The molecule has 0 amide bonds. The maximum atomic E-state index is 3.84. The zero-order valence-corrected chi connectivity index (χ0v) is 10.4. The molecule has 17 heavy (non-hydrogen) atoms. The normalized spacial score (nSPS) is 9.94. The van der Waals surface area contributed by atoms with Crippen molar-refractivity contribution in [2.75, 3.05) is 11.4 Å². The van der Waals surface area contributed by atoms with E-state index in [-0.39, 0.29) is 0 Å². The first-order chi connectivity index (χ1) is 8.33. The third-order valence-electron chi connectivity index (χ3n) is 2.73. The molecule has 0 aliphatic rings. The number of benzene rings is 1. The highest BCUT2D eigenvalue weighted by Crippen LogP contribution is 2.20. The zero-order chi connectivity index (χ0) is 12.5. The van der Waals surface area contributed by atoms with E-state index < -0.39 is 0 Å². The highest BCUT2D eigenvalue weighted by Gasteiger charge is 2.14. The van der Waals surface area contributed by atoms with E-state index in [1.165, 1.54) is 5.69 Å². The van der Waals surface area contributed by atoms with Crippen LogP contribution in [0.15, 0.2) is 68.3 Å². The molecular formula is C16H21N. The minimum absolute atomic E-state index is 0.408. The molecule has 90 valence electrons. The van der Waals surface area contributed by atoms with Gasteiger partial charge in [-0.2, -0.15) is 0 Å². The van der Waals surface area contributed by atoms with Gasteiger partial charge in [0, 0.05) is 18.3 Å². The molecule has 1 rings (SSSR count). The van der Waals surface area contributed by atoms with Crippen LogP contribution in [0.3, 0.4) is 0 Å². The Labute approximate surface area is 105 Å². The highest BCUT2D eigenvalue weighted by molar-refractivity contribution is 5.48. The Morgan fingerprint density at radius 1 is 0.941 bits per heavy atom. The van der Waals surface area contributed by atoms with E-state index in [1.807, 2.05) is 24.3 Å². The fourth-order valence-corrected chi connectivity index (χ4v) is 1.96. The first-order valence-electron chi connectivity index (χ1n) is 5.97. The molecule has 0 aromatic heterocycles. The van der Waals surface area contributed by atoms with Gasteiger partial charge < -0.3 is 4.90 Å². The molecule has 0 N–H and O–H groups in total. The van der Waals surface area contributed by atoms with Crippen molar-refractivity contribution in [3.8, 4) is 0 Å². The topological polar surface area (TPSA) is 3.24 Å². The molecule has 0 aliphatic carbocycles. The van der Waals surface area contributed by atoms with Crippen molar-refractivity contribution in [3.63, 3.8) is 0 Å². The van der Waals surface area contributed by atoms with Crippen LogP contribution >= 0.6 is 0 Å². The first kappa shape index (κ1) is 13.3. The van der Waals surface area contributed by atoms with E-state index in [9.17, 15) is 0 Å². The van der Waals surface area contributed by atoms with E-state index in [2.05, 4.69) is 48.9 Å². The second kappa shape index (κ2) is 7.50. The van der Waals surface area contributed by atoms with E-state index >= 15 is 0 Å². The van der Waals surface area contributed by atoms with Gasteiger partial charge in [-0.15, -0.1) is 19.7 Å². The van der Waals surface area contributed by atoms with Crippen LogP contribution in [0.2, 0.25) is 0 Å². The van der Waals surface area contributed by atoms with E-state index in [0.29, 0.717) is 6.04 Å². The fourth-order valence-electron chi connectivity index (χ4n) is 1.96. The summed E-state index contributed by atoms with van der Waals surface area (Å²) in [6.07, 6.45) is 7.77. The molecule has 1 aromatic carbocycles. The number of hydrogen-bond donors (Lipinski definition) is 0. The number of hydrogen-bond acceptors (Lipinski definition) is 1. The summed E-state index contributed by atoms with van der Waals surface area (Å²) in [5.41, 5.74) is 1.22. The molecule has 0 saturated heterocycles. The molecule has 0 unspecified atom stereocenters. The summed E-state index contributed by atoms with van der Waals surface area (Å²) in [5.74, 6) is 0. The van der Waals surface area contributed by atoms with Crippen molar-refractivity contribution < 1.29 is 0 Å². The Hall–Kier alpha value is -1.76.